The lowest BCUT2D eigenvalue weighted by atomic mass is 9.89. The van der Waals surface area contributed by atoms with Crippen LogP contribution in [-0.4, -0.2) is 16.7 Å². The number of alkyl halides is 2. The van der Waals surface area contributed by atoms with Gasteiger partial charge in [-0.1, -0.05) is 15.9 Å². The summed E-state index contributed by atoms with van der Waals surface area (Å²) in [5.74, 6) is -5.91. The molecule has 0 saturated heterocycles. The fourth-order valence-corrected chi connectivity index (χ4v) is 2.11. The van der Waals surface area contributed by atoms with Crippen molar-refractivity contribution < 1.29 is 23.1 Å². The first-order valence-electron chi connectivity index (χ1n) is 4.59. The maximum Gasteiger partial charge on any atom is 0.320 e. The van der Waals surface area contributed by atoms with Crippen LogP contribution in [0.1, 0.15) is 22.8 Å². The molecule has 1 heterocycles. The van der Waals surface area contributed by atoms with Gasteiger partial charge in [-0.25, -0.2) is 4.39 Å². The van der Waals surface area contributed by atoms with Crippen LogP contribution in [0.4, 0.5) is 13.2 Å². The molecule has 1 aliphatic rings. The molecule has 1 aliphatic heterocycles. The normalized spacial score (nSPS) is 26.4. The Labute approximate surface area is 103 Å². The molecule has 0 radical (unpaired) electrons. The third kappa shape index (κ3) is 1.64. The molecule has 92 valence electrons. The smallest absolute Gasteiger partial charge is 0.320 e. The van der Waals surface area contributed by atoms with Crippen molar-refractivity contribution in [1.82, 2.24) is 5.32 Å². The molecule has 0 fully saturated rings. The number of hydrogen-bond donors (Lipinski definition) is 2. The molecular formula is C10H7BrF3NO2. The van der Waals surface area contributed by atoms with Crippen LogP contribution in [0.25, 0.3) is 0 Å². The summed E-state index contributed by atoms with van der Waals surface area (Å²) in [6, 6.07) is 1.83. The maximum atomic E-state index is 13.9. The van der Waals surface area contributed by atoms with E-state index in [-0.39, 0.29) is 4.47 Å². The van der Waals surface area contributed by atoms with E-state index in [0.29, 0.717) is 0 Å². The Morgan fingerprint density at radius 3 is 2.59 bits per heavy atom. The number of amides is 1. The Kier molecular flexibility index (Phi) is 2.52. The molecule has 1 aromatic carbocycles. The SMILES string of the molecule is CC1(O)NC(=O)c2c(F)cc(Br)cc2C1(F)F. The van der Waals surface area contributed by atoms with Crippen LogP contribution < -0.4 is 5.32 Å². The van der Waals surface area contributed by atoms with Gasteiger partial charge in [-0.15, -0.1) is 0 Å². The molecule has 7 heteroatoms. The van der Waals surface area contributed by atoms with Gasteiger partial charge in [-0.05, 0) is 19.1 Å². The lowest BCUT2D eigenvalue weighted by Crippen LogP contribution is -2.61. The topological polar surface area (TPSA) is 49.3 Å². The van der Waals surface area contributed by atoms with Crippen LogP contribution in [0.3, 0.4) is 0 Å². The fourth-order valence-electron chi connectivity index (χ4n) is 1.68. The zero-order chi connectivity index (χ0) is 13.0. The minimum atomic E-state index is -3.78. The second kappa shape index (κ2) is 3.46. The first-order valence-corrected chi connectivity index (χ1v) is 5.38. The highest BCUT2D eigenvalue weighted by Crippen LogP contribution is 2.43. The summed E-state index contributed by atoms with van der Waals surface area (Å²) in [5.41, 5.74) is -4.33. The molecule has 0 aliphatic carbocycles. The van der Waals surface area contributed by atoms with Crippen LogP contribution in [-0.2, 0) is 5.92 Å². The van der Waals surface area contributed by atoms with Gasteiger partial charge >= 0.3 is 5.92 Å². The van der Waals surface area contributed by atoms with Crippen LogP contribution in [0.2, 0.25) is 0 Å². The first-order chi connectivity index (χ1) is 7.67. The van der Waals surface area contributed by atoms with Crippen molar-refractivity contribution >= 4 is 21.8 Å². The number of halogens is 4. The van der Waals surface area contributed by atoms with Gasteiger partial charge in [0, 0.05) is 10.0 Å². The molecule has 2 rings (SSSR count). The van der Waals surface area contributed by atoms with Crippen molar-refractivity contribution in [2.24, 2.45) is 0 Å². The van der Waals surface area contributed by atoms with Crippen LogP contribution >= 0.6 is 15.9 Å². The van der Waals surface area contributed by atoms with Gasteiger partial charge in [-0.2, -0.15) is 8.78 Å². The molecule has 1 amide bonds. The van der Waals surface area contributed by atoms with Crippen molar-refractivity contribution in [3.8, 4) is 0 Å². The summed E-state index contributed by atoms with van der Waals surface area (Å²) >= 11 is 2.86. The number of hydrogen-bond acceptors (Lipinski definition) is 2. The van der Waals surface area contributed by atoms with E-state index in [9.17, 15) is 23.1 Å². The Balaban J connectivity index is 2.79. The van der Waals surface area contributed by atoms with Crippen LogP contribution in [0, 0.1) is 5.82 Å². The highest BCUT2D eigenvalue weighted by Gasteiger charge is 2.57. The molecule has 0 spiro atoms. The number of aliphatic hydroxyl groups is 1. The molecule has 0 bridgehead atoms. The standard InChI is InChI=1S/C10H7BrF3NO2/c1-9(17)10(13,14)5-2-4(11)3-6(12)7(5)8(16)15-9/h2-3,17H,1H3,(H,15,16). The van der Waals surface area contributed by atoms with E-state index in [1.165, 1.54) is 0 Å². The van der Waals surface area contributed by atoms with Gasteiger partial charge < -0.3 is 10.4 Å². The molecular weight excluding hydrogens is 303 g/mol. The summed E-state index contributed by atoms with van der Waals surface area (Å²) in [7, 11) is 0. The van der Waals surface area contributed by atoms with E-state index >= 15 is 0 Å². The van der Waals surface area contributed by atoms with Crippen molar-refractivity contribution in [1.29, 1.82) is 0 Å². The third-order valence-electron chi connectivity index (χ3n) is 2.59. The number of rotatable bonds is 0. The average molecular weight is 310 g/mol. The van der Waals surface area contributed by atoms with Crippen LogP contribution in [0.15, 0.2) is 16.6 Å². The minimum Gasteiger partial charge on any atom is -0.366 e. The Morgan fingerprint density at radius 1 is 1.41 bits per heavy atom. The van der Waals surface area contributed by atoms with Gasteiger partial charge in [-0.3, -0.25) is 4.79 Å². The Morgan fingerprint density at radius 2 is 2.00 bits per heavy atom. The maximum absolute atomic E-state index is 13.9. The van der Waals surface area contributed by atoms with E-state index < -0.39 is 34.5 Å². The number of benzene rings is 1. The Bertz CT molecular complexity index is 517. The number of fused-ring (bicyclic) bond motifs is 1. The predicted octanol–water partition coefficient (Wildman–Crippen LogP) is 2.13. The fraction of sp³-hybridized carbons (Fsp3) is 0.300. The van der Waals surface area contributed by atoms with E-state index in [4.69, 9.17) is 0 Å². The number of nitrogens with one attached hydrogen (secondary N) is 1. The molecule has 1 unspecified atom stereocenters. The van der Waals surface area contributed by atoms with Crippen LogP contribution in [0.5, 0.6) is 0 Å². The first kappa shape index (κ1) is 12.4. The highest BCUT2D eigenvalue weighted by atomic mass is 79.9. The van der Waals surface area contributed by atoms with Gasteiger partial charge in [0.2, 0.25) is 5.72 Å². The molecule has 17 heavy (non-hydrogen) atoms. The van der Waals surface area contributed by atoms with E-state index in [2.05, 4.69) is 15.9 Å². The lowest BCUT2D eigenvalue weighted by molar-refractivity contribution is -0.193. The predicted molar refractivity (Wildman–Crippen MR) is 56.1 cm³/mol. The van der Waals surface area contributed by atoms with Gasteiger partial charge in [0.05, 0.1) is 5.56 Å². The highest BCUT2D eigenvalue weighted by molar-refractivity contribution is 9.10. The number of carbonyl (C=O) groups excluding carboxylic acids is 1. The average Bonchev–Trinajstić information content (AvgIpc) is 2.12. The second-order valence-electron chi connectivity index (χ2n) is 3.91. The van der Waals surface area contributed by atoms with Gasteiger partial charge in [0.1, 0.15) is 5.82 Å². The Hall–Kier alpha value is -1.08. The molecule has 2 N–H and O–H groups in total. The molecule has 1 aromatic rings. The zero-order valence-corrected chi connectivity index (χ0v) is 10.1. The largest absolute Gasteiger partial charge is 0.366 e. The van der Waals surface area contributed by atoms with Crippen molar-refractivity contribution in [2.75, 3.05) is 0 Å². The quantitative estimate of drug-likeness (QED) is 0.771. The minimum absolute atomic E-state index is 0.0684. The monoisotopic (exact) mass is 309 g/mol. The third-order valence-corrected chi connectivity index (χ3v) is 3.05. The van der Waals surface area contributed by atoms with Gasteiger partial charge in [0.15, 0.2) is 0 Å². The van der Waals surface area contributed by atoms with E-state index in [1.54, 1.807) is 5.32 Å². The molecule has 3 nitrogen and oxygen atoms in total. The second-order valence-corrected chi connectivity index (χ2v) is 4.83. The molecule has 1 atom stereocenters. The lowest BCUT2D eigenvalue weighted by Gasteiger charge is -2.38. The summed E-state index contributed by atoms with van der Waals surface area (Å²) < 4.78 is 41.3. The van der Waals surface area contributed by atoms with Crippen molar-refractivity contribution in [3.63, 3.8) is 0 Å². The van der Waals surface area contributed by atoms with Crippen molar-refractivity contribution in [3.05, 3.63) is 33.5 Å². The summed E-state index contributed by atoms with van der Waals surface area (Å²) in [6.07, 6.45) is 0. The van der Waals surface area contributed by atoms with Gasteiger partial charge in [0.25, 0.3) is 5.91 Å². The summed E-state index contributed by atoms with van der Waals surface area (Å²) in [4.78, 5) is 11.5. The molecule has 0 saturated carbocycles. The van der Waals surface area contributed by atoms with Crippen molar-refractivity contribution in [2.45, 2.75) is 18.6 Å². The molecule has 0 aromatic heterocycles. The zero-order valence-electron chi connectivity index (χ0n) is 8.52. The summed E-state index contributed by atoms with van der Waals surface area (Å²) in [5, 5.41) is 11.2. The van der Waals surface area contributed by atoms with E-state index in [1.807, 2.05) is 0 Å². The number of carbonyl (C=O) groups is 1. The summed E-state index contributed by atoms with van der Waals surface area (Å²) in [6.45, 7) is 0.757. The van der Waals surface area contributed by atoms with E-state index in [0.717, 1.165) is 19.1 Å².